The predicted molar refractivity (Wildman–Crippen MR) is 283 cm³/mol. The Morgan fingerprint density at radius 3 is 1.29 bits per heavy atom. The van der Waals surface area contributed by atoms with E-state index < -0.39 is 0 Å². The molecule has 322 valence electrons. The third-order valence-electron chi connectivity index (χ3n) is 13.1. The fourth-order valence-corrected chi connectivity index (χ4v) is 9.76. The third kappa shape index (κ3) is 7.30. The van der Waals surface area contributed by atoms with E-state index in [1.807, 2.05) is 24.3 Å². The van der Waals surface area contributed by atoms with E-state index in [0.29, 0.717) is 17.5 Å². The fourth-order valence-electron chi connectivity index (χ4n) is 9.76. The van der Waals surface area contributed by atoms with Gasteiger partial charge in [0.2, 0.25) is 0 Å². The zero-order valence-corrected chi connectivity index (χ0v) is 37.3. The summed E-state index contributed by atoms with van der Waals surface area (Å²) >= 11 is 0. The molecular weight excluding hydrogens is 841 g/mol. The van der Waals surface area contributed by atoms with Crippen LogP contribution in [-0.2, 0) is 0 Å². The first-order chi connectivity index (χ1) is 34.2. The number of hydrogen-bond donors (Lipinski definition) is 0. The number of pyridine rings is 1. The Hall–Kier alpha value is -9.32. The first-order valence-corrected chi connectivity index (χ1v) is 23.2. The molecule has 0 radical (unpaired) electrons. The van der Waals surface area contributed by atoms with Crippen molar-refractivity contribution in [3.8, 4) is 89.9 Å². The summed E-state index contributed by atoms with van der Waals surface area (Å²) in [6.45, 7) is 0. The van der Waals surface area contributed by atoms with Crippen molar-refractivity contribution in [2.75, 3.05) is 0 Å². The third-order valence-corrected chi connectivity index (χ3v) is 13.1. The van der Waals surface area contributed by atoms with E-state index in [2.05, 4.69) is 218 Å². The van der Waals surface area contributed by atoms with Crippen molar-refractivity contribution in [1.82, 2.24) is 19.9 Å². The van der Waals surface area contributed by atoms with Crippen LogP contribution in [0.1, 0.15) is 0 Å². The molecule has 10 aromatic carbocycles. The second-order valence-electron chi connectivity index (χ2n) is 17.3. The van der Waals surface area contributed by atoms with Crippen molar-refractivity contribution >= 4 is 43.6 Å². The molecule has 0 atom stereocenters. The summed E-state index contributed by atoms with van der Waals surface area (Å²) in [7, 11) is 0. The lowest BCUT2D eigenvalue weighted by atomic mass is 9.88. The summed E-state index contributed by atoms with van der Waals surface area (Å²) in [5, 5.41) is 5.43. The van der Waals surface area contributed by atoms with Crippen molar-refractivity contribution in [2.45, 2.75) is 0 Å². The van der Waals surface area contributed by atoms with Gasteiger partial charge in [-0.2, -0.15) is 0 Å². The monoisotopic (exact) mass is 880 g/mol. The van der Waals surface area contributed by atoms with Crippen molar-refractivity contribution in [2.24, 2.45) is 0 Å². The molecule has 69 heavy (non-hydrogen) atoms. The van der Waals surface area contributed by atoms with E-state index in [0.717, 1.165) is 116 Å². The van der Waals surface area contributed by atoms with Crippen LogP contribution in [0.25, 0.3) is 134 Å². The Morgan fingerprint density at radius 2 is 0.681 bits per heavy atom. The molecule has 0 aliphatic heterocycles. The number of aromatic nitrogens is 4. The number of benzene rings is 10. The summed E-state index contributed by atoms with van der Waals surface area (Å²) in [4.78, 5) is 20.8. The van der Waals surface area contributed by atoms with Crippen LogP contribution in [0.15, 0.2) is 247 Å². The molecule has 3 aromatic heterocycles. The molecular formula is C64H40N4O. The zero-order valence-electron chi connectivity index (χ0n) is 37.3. The minimum absolute atomic E-state index is 0.598. The first kappa shape index (κ1) is 40.0. The topological polar surface area (TPSA) is 64.7 Å². The summed E-state index contributed by atoms with van der Waals surface area (Å²) in [5.41, 5.74) is 16.2. The van der Waals surface area contributed by atoms with Crippen molar-refractivity contribution in [3.63, 3.8) is 0 Å². The van der Waals surface area contributed by atoms with Crippen LogP contribution >= 0.6 is 0 Å². The smallest absolute Gasteiger partial charge is 0.164 e. The van der Waals surface area contributed by atoms with Crippen molar-refractivity contribution in [3.05, 3.63) is 243 Å². The Morgan fingerprint density at radius 1 is 0.246 bits per heavy atom. The second kappa shape index (κ2) is 16.8. The quantitative estimate of drug-likeness (QED) is 0.142. The zero-order chi connectivity index (χ0) is 45.7. The highest BCUT2D eigenvalue weighted by molar-refractivity contribution is 6.27. The maximum Gasteiger partial charge on any atom is 0.164 e. The summed E-state index contributed by atoms with van der Waals surface area (Å²) < 4.78 is 6.69. The SMILES string of the molecule is c1ccc(-c2ccc(-c3nc(-c4ccc(-c5ccccc5)cc4)nc(-c4cccc(-c5cccc(-c6c7c(cc8c(-c9ccccc9)nc9ccccc9c68)oc6ccccc67)c5)c4)n3)cc2)cc1. The molecule has 0 saturated carbocycles. The summed E-state index contributed by atoms with van der Waals surface area (Å²) in [6, 6.07) is 84.6. The van der Waals surface area contributed by atoms with Gasteiger partial charge in [-0.1, -0.05) is 212 Å². The van der Waals surface area contributed by atoms with Crippen molar-refractivity contribution < 1.29 is 4.42 Å². The van der Waals surface area contributed by atoms with Crippen LogP contribution in [0.2, 0.25) is 0 Å². The van der Waals surface area contributed by atoms with E-state index in [4.69, 9.17) is 24.4 Å². The van der Waals surface area contributed by atoms with E-state index in [1.165, 1.54) is 0 Å². The molecule has 0 aliphatic carbocycles. The Balaban J connectivity index is 0.965. The Bertz CT molecular complexity index is 3940. The lowest BCUT2D eigenvalue weighted by Crippen LogP contribution is -2.00. The highest BCUT2D eigenvalue weighted by atomic mass is 16.3. The normalized spacial score (nSPS) is 11.5. The summed E-state index contributed by atoms with van der Waals surface area (Å²) in [6.07, 6.45) is 0. The van der Waals surface area contributed by atoms with Crippen LogP contribution in [0, 0.1) is 0 Å². The Kier molecular flexibility index (Phi) is 9.76. The maximum absolute atomic E-state index is 6.69. The second-order valence-corrected chi connectivity index (χ2v) is 17.3. The van der Waals surface area contributed by atoms with E-state index in [-0.39, 0.29) is 0 Å². The fraction of sp³-hybridized carbons (Fsp3) is 0. The van der Waals surface area contributed by atoms with Gasteiger partial charge in [-0.3, -0.25) is 0 Å². The lowest BCUT2D eigenvalue weighted by molar-refractivity contribution is 0.669. The van der Waals surface area contributed by atoms with Crippen LogP contribution < -0.4 is 0 Å². The van der Waals surface area contributed by atoms with Gasteiger partial charge in [0.1, 0.15) is 11.2 Å². The van der Waals surface area contributed by atoms with Gasteiger partial charge >= 0.3 is 0 Å². The van der Waals surface area contributed by atoms with Gasteiger partial charge in [-0.05, 0) is 69.3 Å². The number of rotatable bonds is 8. The number of fused-ring (bicyclic) bond motifs is 6. The molecule has 0 aliphatic rings. The average Bonchev–Trinajstić information content (AvgIpc) is 3.81. The molecule has 0 N–H and O–H groups in total. The van der Waals surface area contributed by atoms with Crippen LogP contribution in [0.4, 0.5) is 0 Å². The van der Waals surface area contributed by atoms with Crippen LogP contribution in [-0.4, -0.2) is 19.9 Å². The average molecular weight is 881 g/mol. The number of hydrogen-bond acceptors (Lipinski definition) is 5. The predicted octanol–water partition coefficient (Wildman–Crippen LogP) is 16.8. The molecule has 0 spiro atoms. The molecule has 5 nitrogen and oxygen atoms in total. The van der Waals surface area contributed by atoms with Gasteiger partial charge in [0.05, 0.1) is 11.2 Å². The van der Waals surface area contributed by atoms with Gasteiger partial charge in [0.25, 0.3) is 0 Å². The van der Waals surface area contributed by atoms with Gasteiger partial charge < -0.3 is 4.42 Å². The molecule has 3 heterocycles. The molecule has 13 aromatic rings. The minimum Gasteiger partial charge on any atom is -0.456 e. The Labute approximate surface area is 398 Å². The largest absolute Gasteiger partial charge is 0.456 e. The molecule has 13 rings (SSSR count). The van der Waals surface area contributed by atoms with Gasteiger partial charge in [-0.15, -0.1) is 0 Å². The lowest BCUT2D eigenvalue weighted by Gasteiger charge is -2.16. The number of para-hydroxylation sites is 2. The number of furan rings is 1. The van der Waals surface area contributed by atoms with Crippen LogP contribution in [0.3, 0.4) is 0 Å². The van der Waals surface area contributed by atoms with E-state index in [9.17, 15) is 0 Å². The molecule has 0 bridgehead atoms. The standard InChI is InChI=1S/C64H40N4O/c1-4-16-41(17-5-1)43-30-34-46(35-31-43)62-66-63(47-36-32-44(33-37-47)42-18-6-2-7-19-42)68-64(67-62)51-25-15-23-49(39-51)48-22-14-24-50(38-48)58-59-52-26-10-12-28-55(52)65-61(45-20-8-3-9-21-45)54(59)40-57-60(58)53-27-11-13-29-56(53)69-57/h1-40H. The molecule has 5 heteroatoms. The van der Waals surface area contributed by atoms with Crippen LogP contribution in [0.5, 0.6) is 0 Å². The van der Waals surface area contributed by atoms with E-state index >= 15 is 0 Å². The highest BCUT2D eigenvalue weighted by Gasteiger charge is 2.22. The van der Waals surface area contributed by atoms with Gasteiger partial charge in [0, 0.05) is 54.7 Å². The molecule has 0 saturated heterocycles. The van der Waals surface area contributed by atoms with Gasteiger partial charge in [-0.25, -0.2) is 19.9 Å². The van der Waals surface area contributed by atoms with Crippen molar-refractivity contribution in [1.29, 1.82) is 0 Å². The van der Waals surface area contributed by atoms with Gasteiger partial charge in [0.15, 0.2) is 17.5 Å². The molecule has 0 fully saturated rings. The minimum atomic E-state index is 0.598. The highest BCUT2D eigenvalue weighted by Crippen LogP contribution is 2.47. The molecule has 0 amide bonds. The molecule has 0 unspecified atom stereocenters. The summed E-state index contributed by atoms with van der Waals surface area (Å²) in [5.74, 6) is 1.82. The first-order valence-electron chi connectivity index (χ1n) is 23.2. The van der Waals surface area contributed by atoms with E-state index in [1.54, 1.807) is 0 Å². The maximum atomic E-state index is 6.69. The number of nitrogens with zero attached hydrogens (tertiary/aromatic N) is 4.